The van der Waals surface area contributed by atoms with Crippen molar-refractivity contribution >= 4 is 34.8 Å². The first-order valence-electron chi connectivity index (χ1n) is 18.5. The summed E-state index contributed by atoms with van der Waals surface area (Å²) in [6.45, 7) is 10.8. The van der Waals surface area contributed by atoms with E-state index in [0.717, 1.165) is 29.8 Å². The lowest BCUT2D eigenvalue weighted by Gasteiger charge is -2.44. The number of likely N-dealkylation sites (tertiary alicyclic amines) is 1. The van der Waals surface area contributed by atoms with E-state index in [1.807, 2.05) is 66.7 Å². The smallest absolute Gasteiger partial charge is 0.237 e. The van der Waals surface area contributed by atoms with Crippen LogP contribution >= 0.6 is 23.2 Å². The lowest BCUT2D eigenvalue weighted by Crippen LogP contribution is -2.52. The minimum atomic E-state index is -1.32. The van der Waals surface area contributed by atoms with Crippen LogP contribution < -0.4 is 5.32 Å². The Bertz CT molecular complexity index is 1890. The van der Waals surface area contributed by atoms with Gasteiger partial charge in [-0.15, -0.1) is 0 Å². The summed E-state index contributed by atoms with van der Waals surface area (Å²) in [6.07, 6.45) is -0.470. The molecular formula is C43H48Cl2FN3O4. The van der Waals surface area contributed by atoms with E-state index in [4.69, 9.17) is 32.7 Å². The second kappa shape index (κ2) is 15.8. The van der Waals surface area contributed by atoms with E-state index in [-0.39, 0.29) is 23.0 Å². The molecule has 7 nitrogen and oxygen atoms in total. The summed E-state index contributed by atoms with van der Waals surface area (Å²) < 4.78 is 29.0. The van der Waals surface area contributed by atoms with Crippen LogP contribution in [0, 0.1) is 11.2 Å². The van der Waals surface area contributed by atoms with Gasteiger partial charge in [0.25, 0.3) is 0 Å². The third kappa shape index (κ3) is 7.40. The minimum absolute atomic E-state index is 0.0193. The monoisotopic (exact) mass is 759 g/mol. The number of fused-ring (bicyclic) bond motifs is 2. The Labute approximate surface area is 322 Å². The van der Waals surface area contributed by atoms with Gasteiger partial charge in [-0.2, -0.15) is 0 Å². The maximum atomic E-state index is 16.8. The fourth-order valence-electron chi connectivity index (χ4n) is 8.98. The largest absolute Gasteiger partial charge is 0.386 e. The highest BCUT2D eigenvalue weighted by Crippen LogP contribution is 2.63. The average molecular weight is 761 g/mol. The molecule has 7 rings (SSSR count). The zero-order valence-electron chi connectivity index (χ0n) is 30.5. The molecule has 1 spiro atoms. The van der Waals surface area contributed by atoms with E-state index in [0.29, 0.717) is 49.1 Å². The SMILES string of the molecule is CC(C)(C)C[C@H]1N(C(c2ccccc2)[C@@H](O)c2ccccc2)[C@@H](COCCN2CCOCC2)[C@H](c2cccc(Cl)c2F)[C@@]12C(=O)Nc1cc(Cl)ccc12. The van der Waals surface area contributed by atoms with E-state index in [9.17, 15) is 5.11 Å². The van der Waals surface area contributed by atoms with Crippen LogP contribution in [-0.4, -0.2) is 79.0 Å². The van der Waals surface area contributed by atoms with Gasteiger partial charge in [-0.05, 0) is 52.3 Å². The molecule has 2 N–H and O–H groups in total. The van der Waals surface area contributed by atoms with Crippen LogP contribution in [0.3, 0.4) is 0 Å². The molecule has 0 bridgehead atoms. The van der Waals surface area contributed by atoms with E-state index in [2.05, 4.69) is 35.9 Å². The molecule has 2 saturated heterocycles. The number of hydrogen-bond donors (Lipinski definition) is 2. The summed E-state index contributed by atoms with van der Waals surface area (Å²) in [5.74, 6) is -1.58. The van der Waals surface area contributed by atoms with Gasteiger partial charge >= 0.3 is 0 Å². The van der Waals surface area contributed by atoms with Gasteiger partial charge < -0.3 is 19.9 Å². The first-order valence-corrected chi connectivity index (χ1v) is 19.2. The van der Waals surface area contributed by atoms with Gasteiger partial charge in [0.15, 0.2) is 0 Å². The normalized spacial score (nSPS) is 24.7. The molecule has 0 aromatic heterocycles. The van der Waals surface area contributed by atoms with Crippen LogP contribution in [0.5, 0.6) is 0 Å². The van der Waals surface area contributed by atoms with Crippen molar-refractivity contribution in [1.29, 1.82) is 0 Å². The Balaban J connectivity index is 1.48. The topological polar surface area (TPSA) is 74.3 Å². The van der Waals surface area contributed by atoms with Gasteiger partial charge in [0.1, 0.15) is 11.2 Å². The van der Waals surface area contributed by atoms with Gasteiger partial charge in [-0.1, -0.05) is 123 Å². The number of carbonyl (C=O) groups is 1. The third-order valence-corrected chi connectivity index (χ3v) is 11.7. The summed E-state index contributed by atoms with van der Waals surface area (Å²) in [5, 5.41) is 16.3. The summed E-state index contributed by atoms with van der Waals surface area (Å²) in [7, 11) is 0. The van der Waals surface area contributed by atoms with Crippen molar-refractivity contribution in [3.63, 3.8) is 0 Å². The molecule has 53 heavy (non-hydrogen) atoms. The van der Waals surface area contributed by atoms with Crippen molar-refractivity contribution in [2.75, 3.05) is 51.4 Å². The number of morpholine rings is 1. The Morgan fingerprint density at radius 2 is 1.64 bits per heavy atom. The van der Waals surface area contributed by atoms with Crippen LogP contribution in [0.15, 0.2) is 97.1 Å². The van der Waals surface area contributed by atoms with Crippen molar-refractivity contribution < 1.29 is 23.8 Å². The lowest BCUT2D eigenvalue weighted by molar-refractivity contribution is -0.123. The number of benzene rings is 4. The number of aliphatic hydroxyl groups is 1. The maximum Gasteiger partial charge on any atom is 0.237 e. The molecule has 280 valence electrons. The van der Waals surface area contributed by atoms with E-state index >= 15 is 9.18 Å². The van der Waals surface area contributed by atoms with Crippen molar-refractivity contribution in [2.24, 2.45) is 5.41 Å². The molecule has 4 aromatic carbocycles. The van der Waals surface area contributed by atoms with Crippen molar-refractivity contribution in [3.05, 3.63) is 135 Å². The first-order chi connectivity index (χ1) is 25.5. The number of amides is 1. The molecule has 3 heterocycles. The molecule has 4 aromatic rings. The second-order valence-electron chi connectivity index (χ2n) is 15.7. The number of rotatable bonds is 11. The Kier molecular flexibility index (Phi) is 11.3. The number of nitrogens with one attached hydrogen (secondary N) is 1. The Morgan fingerprint density at radius 1 is 0.962 bits per heavy atom. The van der Waals surface area contributed by atoms with Crippen molar-refractivity contribution in [1.82, 2.24) is 9.80 Å². The predicted octanol–water partition coefficient (Wildman–Crippen LogP) is 8.42. The zero-order chi connectivity index (χ0) is 37.3. The highest BCUT2D eigenvalue weighted by molar-refractivity contribution is 6.31. The first kappa shape index (κ1) is 38.0. The maximum absolute atomic E-state index is 16.8. The molecule has 3 aliphatic heterocycles. The van der Waals surface area contributed by atoms with Crippen LogP contribution in [0.2, 0.25) is 10.0 Å². The third-order valence-electron chi connectivity index (χ3n) is 11.2. The fraction of sp³-hybridized carbons (Fsp3) is 0.419. The number of ether oxygens (including phenoxy) is 2. The number of hydrogen-bond acceptors (Lipinski definition) is 6. The van der Waals surface area contributed by atoms with Crippen LogP contribution in [0.25, 0.3) is 0 Å². The predicted molar refractivity (Wildman–Crippen MR) is 208 cm³/mol. The van der Waals surface area contributed by atoms with Gasteiger partial charge in [-0.3, -0.25) is 14.6 Å². The van der Waals surface area contributed by atoms with Crippen molar-refractivity contribution in [2.45, 2.75) is 62.8 Å². The molecule has 0 saturated carbocycles. The molecule has 0 aliphatic carbocycles. The standard InChI is InChI=1S/C43H48Cl2FN3O4/c1-42(2,3)26-36-43(32-18-17-30(44)25-34(32)47-41(43)51)37(31-15-10-16-33(45)38(31)46)35(27-53-24-21-48-19-22-52-23-20-48)49(36)39(28-11-6-4-7-12-28)40(50)29-13-8-5-9-14-29/h4-18,25,35-37,39-40,50H,19-24,26-27H2,1-3H3,(H,47,51)/t35-,36+,37-,39?,40-,43-/m0/s1. The van der Waals surface area contributed by atoms with Crippen LogP contribution in [0.4, 0.5) is 10.1 Å². The zero-order valence-corrected chi connectivity index (χ0v) is 32.0. The Hall–Kier alpha value is -3.34. The second-order valence-corrected chi connectivity index (χ2v) is 16.5. The number of nitrogens with zero attached hydrogens (tertiary/aromatic N) is 2. The van der Waals surface area contributed by atoms with E-state index in [1.165, 1.54) is 6.07 Å². The van der Waals surface area contributed by atoms with Crippen molar-refractivity contribution in [3.8, 4) is 0 Å². The molecule has 0 radical (unpaired) electrons. The average Bonchev–Trinajstić information content (AvgIpc) is 3.58. The fourth-order valence-corrected chi connectivity index (χ4v) is 9.34. The molecule has 10 heteroatoms. The van der Waals surface area contributed by atoms with Gasteiger partial charge in [0.2, 0.25) is 5.91 Å². The molecule has 2 fully saturated rings. The molecule has 1 amide bonds. The summed E-state index contributed by atoms with van der Waals surface area (Å²) in [4.78, 5) is 19.8. The van der Waals surface area contributed by atoms with Gasteiger partial charge in [0.05, 0.1) is 43.6 Å². The summed E-state index contributed by atoms with van der Waals surface area (Å²) in [5.41, 5.74) is 1.67. The summed E-state index contributed by atoms with van der Waals surface area (Å²) in [6, 6.07) is 28.3. The van der Waals surface area contributed by atoms with Gasteiger partial charge in [0, 0.05) is 48.3 Å². The number of carbonyl (C=O) groups excluding carboxylic acids is 1. The van der Waals surface area contributed by atoms with Gasteiger partial charge in [-0.25, -0.2) is 4.39 Å². The Morgan fingerprint density at radius 3 is 2.32 bits per heavy atom. The van der Waals surface area contributed by atoms with Crippen LogP contribution in [0.1, 0.15) is 67.5 Å². The number of aliphatic hydroxyl groups excluding tert-OH is 1. The number of halogens is 3. The van der Waals surface area contributed by atoms with Crippen LogP contribution in [-0.2, 0) is 19.7 Å². The van der Waals surface area contributed by atoms with E-state index < -0.39 is 41.4 Å². The molecular weight excluding hydrogens is 712 g/mol. The molecule has 6 atom stereocenters. The molecule has 3 aliphatic rings. The highest BCUT2D eigenvalue weighted by Gasteiger charge is 2.69. The minimum Gasteiger partial charge on any atom is -0.386 e. The quantitative estimate of drug-likeness (QED) is 0.150. The number of anilines is 1. The van der Waals surface area contributed by atoms with E-state index in [1.54, 1.807) is 24.3 Å². The lowest BCUT2D eigenvalue weighted by atomic mass is 9.62. The molecule has 1 unspecified atom stereocenters. The highest BCUT2D eigenvalue weighted by atomic mass is 35.5. The summed E-state index contributed by atoms with van der Waals surface area (Å²) >= 11 is 13.1.